The highest BCUT2D eigenvalue weighted by atomic mass is 16.4. The summed E-state index contributed by atoms with van der Waals surface area (Å²) in [5.41, 5.74) is 16.5. The number of carboxylic acid groups (broad SMARTS) is 1. The zero-order valence-corrected chi connectivity index (χ0v) is 19.4. The van der Waals surface area contributed by atoms with Gasteiger partial charge in [0.1, 0.15) is 23.9 Å². The molecule has 1 aromatic carbocycles. The van der Waals surface area contributed by atoms with E-state index < -0.39 is 54.3 Å². The monoisotopic (exact) mass is 494 g/mol. The minimum atomic E-state index is -1.30. The Labute approximate surface area is 202 Å². The van der Waals surface area contributed by atoms with Crippen molar-refractivity contribution < 1.29 is 34.2 Å². The zero-order valence-electron chi connectivity index (χ0n) is 19.4. The molecule has 35 heavy (non-hydrogen) atoms. The number of unbranched alkanes of at least 4 members (excludes halogenated alkanes) is 1. The maximum Gasteiger partial charge on any atom is 0.326 e. The molecule has 0 aliphatic carbocycles. The van der Waals surface area contributed by atoms with Crippen LogP contribution in [0.2, 0.25) is 0 Å². The number of nitrogens with one attached hydrogen (secondary N) is 3. The fourth-order valence-corrected chi connectivity index (χ4v) is 3.18. The molecule has 11 N–H and O–H groups in total. The maximum atomic E-state index is 13.0. The van der Waals surface area contributed by atoms with Crippen LogP contribution in [0.5, 0.6) is 5.75 Å². The van der Waals surface area contributed by atoms with Crippen molar-refractivity contribution in [3.63, 3.8) is 0 Å². The number of hydrogen-bond acceptors (Lipinski definition) is 8. The number of amides is 4. The quantitative estimate of drug-likeness (QED) is 0.116. The van der Waals surface area contributed by atoms with Crippen molar-refractivity contribution in [3.8, 4) is 5.75 Å². The summed E-state index contributed by atoms with van der Waals surface area (Å²) in [6.45, 7) is -0.0347. The lowest BCUT2D eigenvalue weighted by Gasteiger charge is -2.24. The SMILES string of the molecule is NCCCCC(NC(=O)C(CCC(N)=O)NC(=O)CN)C(=O)NC(Cc1ccc(O)cc1)C(=O)O. The third-order valence-corrected chi connectivity index (χ3v) is 5.09. The number of primary amides is 1. The van der Waals surface area contributed by atoms with Gasteiger partial charge < -0.3 is 43.4 Å². The van der Waals surface area contributed by atoms with Crippen LogP contribution >= 0.6 is 0 Å². The lowest BCUT2D eigenvalue weighted by molar-refractivity contribution is -0.142. The smallest absolute Gasteiger partial charge is 0.326 e. The number of phenolic OH excluding ortho intramolecular Hbond substituents is 1. The number of hydrogen-bond donors (Lipinski definition) is 8. The lowest BCUT2D eigenvalue weighted by atomic mass is 10.0. The van der Waals surface area contributed by atoms with E-state index in [0.29, 0.717) is 24.9 Å². The minimum absolute atomic E-state index is 0.0138. The summed E-state index contributed by atoms with van der Waals surface area (Å²) < 4.78 is 0. The van der Waals surface area contributed by atoms with Crippen molar-refractivity contribution in [1.29, 1.82) is 0 Å². The zero-order chi connectivity index (χ0) is 26.4. The van der Waals surface area contributed by atoms with Crippen LogP contribution in [0.4, 0.5) is 0 Å². The van der Waals surface area contributed by atoms with Crippen molar-refractivity contribution in [2.75, 3.05) is 13.1 Å². The first-order valence-corrected chi connectivity index (χ1v) is 11.2. The van der Waals surface area contributed by atoms with E-state index in [4.69, 9.17) is 17.2 Å². The molecule has 0 fully saturated rings. The molecule has 1 aromatic rings. The molecule has 0 heterocycles. The predicted octanol–water partition coefficient (Wildman–Crippen LogP) is -2.17. The van der Waals surface area contributed by atoms with E-state index in [-0.39, 0.29) is 31.4 Å². The van der Waals surface area contributed by atoms with E-state index in [1.54, 1.807) is 0 Å². The molecule has 0 aliphatic heterocycles. The number of carbonyl (C=O) groups is 5. The van der Waals surface area contributed by atoms with Gasteiger partial charge in [0.25, 0.3) is 0 Å². The summed E-state index contributed by atoms with van der Waals surface area (Å²) in [6.07, 6.45) is 0.825. The van der Waals surface area contributed by atoms with Gasteiger partial charge in [-0.15, -0.1) is 0 Å². The summed E-state index contributed by atoms with van der Waals surface area (Å²) in [4.78, 5) is 60.4. The highest BCUT2D eigenvalue weighted by molar-refractivity contribution is 5.93. The Morgan fingerprint density at radius 3 is 1.91 bits per heavy atom. The third-order valence-electron chi connectivity index (χ3n) is 5.09. The van der Waals surface area contributed by atoms with Gasteiger partial charge in [-0.2, -0.15) is 0 Å². The fourth-order valence-electron chi connectivity index (χ4n) is 3.18. The molecule has 0 saturated heterocycles. The van der Waals surface area contributed by atoms with Crippen LogP contribution in [0.1, 0.15) is 37.7 Å². The summed E-state index contributed by atoms with van der Waals surface area (Å²) >= 11 is 0. The summed E-state index contributed by atoms with van der Waals surface area (Å²) in [5.74, 6) is -4.07. The van der Waals surface area contributed by atoms with Crippen LogP contribution in [-0.2, 0) is 30.4 Å². The molecule has 3 unspecified atom stereocenters. The van der Waals surface area contributed by atoms with Gasteiger partial charge >= 0.3 is 5.97 Å². The molecule has 13 heteroatoms. The largest absolute Gasteiger partial charge is 0.508 e. The second-order valence-corrected chi connectivity index (χ2v) is 7.94. The second kappa shape index (κ2) is 15.2. The van der Waals surface area contributed by atoms with Crippen LogP contribution in [0.15, 0.2) is 24.3 Å². The highest BCUT2D eigenvalue weighted by Crippen LogP contribution is 2.12. The van der Waals surface area contributed by atoms with Gasteiger partial charge in [0.05, 0.1) is 6.54 Å². The number of aliphatic carboxylic acids is 1. The third kappa shape index (κ3) is 11.3. The van der Waals surface area contributed by atoms with Gasteiger partial charge in [0.2, 0.25) is 23.6 Å². The molecule has 1 rings (SSSR count). The number of aromatic hydroxyl groups is 1. The molecule has 194 valence electrons. The van der Waals surface area contributed by atoms with Crippen LogP contribution in [0.3, 0.4) is 0 Å². The standard InChI is InChI=1S/C22H34N6O7/c23-10-2-1-3-15(27-21(33)16(8-9-18(25)30)26-19(31)12-24)20(32)28-17(22(34)35)11-13-4-6-14(29)7-5-13/h4-7,15-17,29H,1-3,8-12,23-24H2,(H2,25,30)(H,26,31)(H,27,33)(H,28,32)(H,34,35). The normalized spacial score (nSPS) is 13.2. The number of phenols is 1. The van der Waals surface area contributed by atoms with Crippen LogP contribution in [0.25, 0.3) is 0 Å². The summed E-state index contributed by atoms with van der Waals surface area (Å²) in [5, 5.41) is 26.3. The minimum Gasteiger partial charge on any atom is -0.508 e. The average molecular weight is 495 g/mol. The van der Waals surface area contributed by atoms with E-state index >= 15 is 0 Å². The number of rotatable bonds is 16. The number of benzene rings is 1. The first-order chi connectivity index (χ1) is 16.6. The summed E-state index contributed by atoms with van der Waals surface area (Å²) in [7, 11) is 0. The van der Waals surface area contributed by atoms with Gasteiger partial charge in [0.15, 0.2) is 0 Å². The second-order valence-electron chi connectivity index (χ2n) is 7.94. The van der Waals surface area contributed by atoms with Crippen molar-refractivity contribution in [2.24, 2.45) is 17.2 Å². The van der Waals surface area contributed by atoms with E-state index in [0.717, 1.165) is 0 Å². The molecule has 0 radical (unpaired) electrons. The van der Waals surface area contributed by atoms with Gasteiger partial charge in [0, 0.05) is 12.8 Å². The van der Waals surface area contributed by atoms with Gasteiger partial charge in [-0.05, 0) is 49.9 Å². The van der Waals surface area contributed by atoms with Crippen molar-refractivity contribution in [3.05, 3.63) is 29.8 Å². The first-order valence-electron chi connectivity index (χ1n) is 11.2. The number of nitrogens with two attached hydrogens (primary N) is 3. The molecule has 0 bridgehead atoms. The van der Waals surface area contributed by atoms with E-state index in [2.05, 4.69) is 16.0 Å². The molecule has 4 amide bonds. The van der Waals surface area contributed by atoms with Crippen LogP contribution in [0, 0.1) is 0 Å². The fraction of sp³-hybridized carbons (Fsp3) is 0.500. The Balaban J connectivity index is 2.98. The predicted molar refractivity (Wildman–Crippen MR) is 126 cm³/mol. The molecule has 13 nitrogen and oxygen atoms in total. The topological polar surface area (TPSA) is 240 Å². The Morgan fingerprint density at radius 2 is 1.40 bits per heavy atom. The lowest BCUT2D eigenvalue weighted by Crippen LogP contribution is -2.56. The highest BCUT2D eigenvalue weighted by Gasteiger charge is 2.29. The Kier molecular flexibility index (Phi) is 12.8. The van der Waals surface area contributed by atoms with E-state index in [1.807, 2.05) is 0 Å². The van der Waals surface area contributed by atoms with Gasteiger partial charge in [-0.1, -0.05) is 12.1 Å². The van der Waals surface area contributed by atoms with Crippen molar-refractivity contribution in [2.45, 2.75) is 56.7 Å². The molecule has 0 spiro atoms. The van der Waals surface area contributed by atoms with Gasteiger partial charge in [-0.3, -0.25) is 19.2 Å². The summed E-state index contributed by atoms with van der Waals surface area (Å²) in [6, 6.07) is 2.25. The molecule has 0 saturated carbocycles. The van der Waals surface area contributed by atoms with Crippen LogP contribution in [-0.4, -0.2) is 71.0 Å². The van der Waals surface area contributed by atoms with Crippen molar-refractivity contribution in [1.82, 2.24) is 16.0 Å². The van der Waals surface area contributed by atoms with Crippen LogP contribution < -0.4 is 33.2 Å². The first kappa shape index (κ1) is 29.3. The molecule has 0 aliphatic rings. The Hall–Kier alpha value is -3.71. The Morgan fingerprint density at radius 1 is 0.829 bits per heavy atom. The van der Waals surface area contributed by atoms with Crippen molar-refractivity contribution >= 4 is 29.6 Å². The number of carbonyl (C=O) groups excluding carboxylic acids is 4. The molecule has 3 atom stereocenters. The molecular formula is C22H34N6O7. The van der Waals surface area contributed by atoms with E-state index in [1.165, 1.54) is 24.3 Å². The Bertz CT molecular complexity index is 878. The molecular weight excluding hydrogens is 460 g/mol. The average Bonchev–Trinajstić information content (AvgIpc) is 2.81. The molecule has 0 aromatic heterocycles. The number of carboxylic acids is 1. The van der Waals surface area contributed by atoms with E-state index in [9.17, 15) is 34.2 Å². The van der Waals surface area contributed by atoms with Gasteiger partial charge in [-0.25, -0.2) is 4.79 Å². The maximum absolute atomic E-state index is 13.0.